The van der Waals surface area contributed by atoms with Gasteiger partial charge < -0.3 is 19.9 Å². The molecule has 0 bridgehead atoms. The molecule has 1 aromatic carbocycles. The standard InChI is InChI=1S/C20H26FN3O3/c21-16-2-3-17-15(13-16)1-4-18(17)22-20(26)24-7-5-14(6-8-24)19(25)23-9-11-27-12-10-23/h2-3,13-14,18H,1,4-12H2,(H,22,26). The Morgan fingerprint density at radius 3 is 2.52 bits per heavy atom. The molecule has 146 valence electrons. The number of nitrogens with one attached hydrogen (secondary N) is 1. The molecule has 0 radical (unpaired) electrons. The van der Waals surface area contributed by atoms with Crippen LogP contribution in [-0.4, -0.2) is 61.1 Å². The molecule has 3 amide bonds. The molecule has 1 aliphatic carbocycles. The van der Waals surface area contributed by atoms with E-state index in [9.17, 15) is 14.0 Å². The van der Waals surface area contributed by atoms with Gasteiger partial charge in [0.05, 0.1) is 19.3 Å². The first-order valence-corrected chi connectivity index (χ1v) is 9.82. The summed E-state index contributed by atoms with van der Waals surface area (Å²) in [6.07, 6.45) is 3.00. The SMILES string of the molecule is O=C(NC1CCc2cc(F)ccc21)N1CCC(C(=O)N2CCOCC2)CC1. The Morgan fingerprint density at radius 1 is 1.04 bits per heavy atom. The molecule has 2 aliphatic heterocycles. The Hall–Kier alpha value is -2.15. The van der Waals surface area contributed by atoms with Gasteiger partial charge in [0.25, 0.3) is 0 Å². The van der Waals surface area contributed by atoms with Gasteiger partial charge in [-0.25, -0.2) is 9.18 Å². The number of carbonyl (C=O) groups is 2. The number of aryl methyl sites for hydroxylation is 1. The van der Waals surface area contributed by atoms with Crippen molar-refractivity contribution >= 4 is 11.9 Å². The molecule has 2 saturated heterocycles. The summed E-state index contributed by atoms with van der Waals surface area (Å²) >= 11 is 0. The molecule has 1 atom stereocenters. The molecule has 2 fully saturated rings. The predicted octanol–water partition coefficient (Wildman–Crippen LogP) is 2.09. The Balaban J connectivity index is 1.29. The number of carbonyl (C=O) groups excluding carboxylic acids is 2. The van der Waals surface area contributed by atoms with Gasteiger partial charge in [-0.1, -0.05) is 6.07 Å². The minimum absolute atomic E-state index is 0.00216. The largest absolute Gasteiger partial charge is 0.378 e. The lowest BCUT2D eigenvalue weighted by molar-refractivity contribution is -0.141. The first kappa shape index (κ1) is 18.2. The van der Waals surface area contributed by atoms with Crippen LogP contribution < -0.4 is 5.32 Å². The van der Waals surface area contributed by atoms with E-state index in [1.807, 2.05) is 4.90 Å². The lowest BCUT2D eigenvalue weighted by atomic mass is 9.95. The zero-order valence-electron chi connectivity index (χ0n) is 15.5. The highest BCUT2D eigenvalue weighted by molar-refractivity contribution is 5.80. The van der Waals surface area contributed by atoms with E-state index in [-0.39, 0.29) is 29.7 Å². The molecular weight excluding hydrogens is 349 g/mol. The summed E-state index contributed by atoms with van der Waals surface area (Å²) in [5.74, 6) is -0.0276. The van der Waals surface area contributed by atoms with Crippen LogP contribution in [0.5, 0.6) is 0 Å². The van der Waals surface area contributed by atoms with Crippen molar-refractivity contribution in [2.24, 2.45) is 5.92 Å². The second kappa shape index (κ2) is 7.84. The molecule has 1 N–H and O–H groups in total. The molecule has 7 heteroatoms. The number of nitrogens with zero attached hydrogens (tertiary/aromatic N) is 2. The van der Waals surface area contributed by atoms with E-state index in [1.165, 1.54) is 6.07 Å². The summed E-state index contributed by atoms with van der Waals surface area (Å²) in [5.41, 5.74) is 2.00. The van der Waals surface area contributed by atoms with Crippen molar-refractivity contribution in [3.8, 4) is 0 Å². The first-order chi connectivity index (χ1) is 13.1. The van der Waals surface area contributed by atoms with Crippen molar-refractivity contribution in [1.29, 1.82) is 0 Å². The average Bonchev–Trinajstić information content (AvgIpc) is 3.10. The third kappa shape index (κ3) is 3.93. The molecule has 2 heterocycles. The molecule has 0 saturated carbocycles. The Morgan fingerprint density at radius 2 is 1.78 bits per heavy atom. The van der Waals surface area contributed by atoms with Crippen LogP contribution in [0, 0.1) is 11.7 Å². The number of hydrogen-bond donors (Lipinski definition) is 1. The van der Waals surface area contributed by atoms with Gasteiger partial charge in [0.2, 0.25) is 5.91 Å². The van der Waals surface area contributed by atoms with E-state index in [2.05, 4.69) is 5.32 Å². The molecule has 4 rings (SSSR count). The molecule has 27 heavy (non-hydrogen) atoms. The fraction of sp³-hybridized carbons (Fsp3) is 0.600. The zero-order chi connectivity index (χ0) is 18.8. The van der Waals surface area contributed by atoms with Crippen LogP contribution in [0.1, 0.15) is 36.4 Å². The van der Waals surface area contributed by atoms with Crippen LogP contribution in [0.15, 0.2) is 18.2 Å². The third-order valence-corrected chi connectivity index (χ3v) is 5.93. The number of piperidine rings is 1. The van der Waals surface area contributed by atoms with Crippen LogP contribution in [0.2, 0.25) is 0 Å². The van der Waals surface area contributed by atoms with Crippen LogP contribution in [-0.2, 0) is 16.0 Å². The number of urea groups is 1. The van der Waals surface area contributed by atoms with Gasteiger partial charge in [0, 0.05) is 32.1 Å². The number of fused-ring (bicyclic) bond motifs is 1. The molecule has 0 aromatic heterocycles. The smallest absolute Gasteiger partial charge is 0.317 e. The monoisotopic (exact) mass is 375 g/mol. The van der Waals surface area contributed by atoms with Gasteiger partial charge in [0.1, 0.15) is 5.82 Å². The van der Waals surface area contributed by atoms with Gasteiger partial charge in [-0.3, -0.25) is 4.79 Å². The summed E-state index contributed by atoms with van der Waals surface area (Å²) < 4.78 is 18.6. The van der Waals surface area contributed by atoms with Crippen molar-refractivity contribution in [1.82, 2.24) is 15.1 Å². The van der Waals surface area contributed by atoms with E-state index in [1.54, 1.807) is 17.0 Å². The van der Waals surface area contributed by atoms with Gasteiger partial charge in [0.15, 0.2) is 0 Å². The van der Waals surface area contributed by atoms with Gasteiger partial charge in [-0.2, -0.15) is 0 Å². The molecule has 6 nitrogen and oxygen atoms in total. The Labute approximate surface area is 158 Å². The lowest BCUT2D eigenvalue weighted by Gasteiger charge is -2.36. The molecule has 0 spiro atoms. The van der Waals surface area contributed by atoms with Crippen LogP contribution in [0.25, 0.3) is 0 Å². The minimum Gasteiger partial charge on any atom is -0.378 e. The highest BCUT2D eigenvalue weighted by Crippen LogP contribution is 2.32. The highest BCUT2D eigenvalue weighted by atomic mass is 19.1. The number of likely N-dealkylation sites (tertiary alicyclic amines) is 1. The van der Waals surface area contributed by atoms with E-state index in [4.69, 9.17) is 4.74 Å². The van der Waals surface area contributed by atoms with Crippen molar-refractivity contribution in [2.45, 2.75) is 31.7 Å². The number of rotatable bonds is 2. The second-order valence-corrected chi connectivity index (χ2v) is 7.58. The summed E-state index contributed by atoms with van der Waals surface area (Å²) in [7, 11) is 0. The predicted molar refractivity (Wildman–Crippen MR) is 97.7 cm³/mol. The second-order valence-electron chi connectivity index (χ2n) is 7.58. The molecule has 1 unspecified atom stereocenters. The molecular formula is C20H26FN3O3. The molecule has 3 aliphatic rings. The zero-order valence-corrected chi connectivity index (χ0v) is 15.5. The van der Waals surface area contributed by atoms with Crippen molar-refractivity contribution in [2.75, 3.05) is 39.4 Å². The fourth-order valence-electron chi connectivity index (χ4n) is 4.35. The highest BCUT2D eigenvalue weighted by Gasteiger charge is 2.32. The van der Waals surface area contributed by atoms with E-state index in [0.717, 1.165) is 24.0 Å². The maximum atomic E-state index is 13.3. The average molecular weight is 375 g/mol. The Bertz CT molecular complexity index is 712. The quantitative estimate of drug-likeness (QED) is 0.861. The van der Waals surface area contributed by atoms with Gasteiger partial charge in [-0.05, 0) is 48.9 Å². The lowest BCUT2D eigenvalue weighted by Crippen LogP contribution is -2.49. The normalized spacial score (nSPS) is 23.2. The number of ether oxygens (including phenoxy) is 1. The summed E-state index contributed by atoms with van der Waals surface area (Å²) in [6.45, 7) is 3.74. The van der Waals surface area contributed by atoms with Crippen LogP contribution in [0.4, 0.5) is 9.18 Å². The Kier molecular flexibility index (Phi) is 5.29. The maximum absolute atomic E-state index is 13.3. The van der Waals surface area contributed by atoms with Gasteiger partial charge >= 0.3 is 6.03 Å². The van der Waals surface area contributed by atoms with Crippen molar-refractivity contribution < 1.29 is 18.7 Å². The molecule has 1 aromatic rings. The summed E-state index contributed by atoms with van der Waals surface area (Å²) in [6, 6.07) is 4.64. The number of benzene rings is 1. The fourth-order valence-corrected chi connectivity index (χ4v) is 4.35. The number of amides is 3. The summed E-state index contributed by atoms with van der Waals surface area (Å²) in [4.78, 5) is 28.9. The number of halogens is 1. The van der Waals surface area contributed by atoms with Crippen LogP contribution in [0.3, 0.4) is 0 Å². The summed E-state index contributed by atoms with van der Waals surface area (Å²) in [5, 5.41) is 3.08. The van der Waals surface area contributed by atoms with E-state index >= 15 is 0 Å². The number of hydrogen-bond acceptors (Lipinski definition) is 3. The van der Waals surface area contributed by atoms with Gasteiger partial charge in [-0.15, -0.1) is 0 Å². The minimum atomic E-state index is -0.229. The topological polar surface area (TPSA) is 61.9 Å². The first-order valence-electron chi connectivity index (χ1n) is 9.82. The van der Waals surface area contributed by atoms with E-state index < -0.39 is 0 Å². The number of morpholine rings is 1. The maximum Gasteiger partial charge on any atom is 0.317 e. The van der Waals surface area contributed by atoms with Crippen molar-refractivity contribution in [3.05, 3.63) is 35.1 Å². The van der Waals surface area contributed by atoms with Crippen molar-refractivity contribution in [3.63, 3.8) is 0 Å². The van der Waals surface area contributed by atoms with E-state index in [0.29, 0.717) is 52.2 Å². The third-order valence-electron chi connectivity index (χ3n) is 5.93. The van der Waals surface area contributed by atoms with Crippen LogP contribution >= 0.6 is 0 Å².